The van der Waals surface area contributed by atoms with E-state index in [9.17, 15) is 8.78 Å². The van der Waals surface area contributed by atoms with Crippen molar-refractivity contribution in [2.45, 2.75) is 25.8 Å². The number of halogens is 2. The van der Waals surface area contributed by atoms with Crippen LogP contribution >= 0.6 is 0 Å². The minimum Gasteiger partial charge on any atom is -0.496 e. The number of ether oxygens (including phenoxy) is 1. The Morgan fingerprint density at radius 1 is 1.23 bits per heavy atom. The number of nitrogens with zero attached hydrogens (tertiary/aromatic N) is 4. The molecule has 7 heteroatoms. The highest BCUT2D eigenvalue weighted by Crippen LogP contribution is 2.43. The van der Waals surface area contributed by atoms with Crippen LogP contribution in [0.15, 0.2) is 36.7 Å². The molecule has 0 aliphatic heterocycles. The van der Waals surface area contributed by atoms with E-state index < -0.39 is 11.6 Å². The van der Waals surface area contributed by atoms with Gasteiger partial charge in [-0.25, -0.2) is 13.5 Å². The summed E-state index contributed by atoms with van der Waals surface area (Å²) >= 11 is 0. The van der Waals surface area contributed by atoms with E-state index in [1.165, 1.54) is 13.2 Å². The largest absolute Gasteiger partial charge is 0.496 e. The molecule has 0 bridgehead atoms. The first-order valence-electron chi connectivity index (χ1n) is 8.45. The molecular weight excluding hydrogens is 338 g/mol. The molecule has 0 radical (unpaired) electrons. The average molecular weight is 356 g/mol. The molecule has 2 heterocycles. The van der Waals surface area contributed by atoms with E-state index in [-0.39, 0.29) is 23.0 Å². The minimum atomic E-state index is -0.993. The number of aryl methyl sites for hydroxylation is 1. The monoisotopic (exact) mass is 356 g/mol. The van der Waals surface area contributed by atoms with Crippen LogP contribution in [0.25, 0.3) is 11.3 Å². The highest BCUT2D eigenvalue weighted by molar-refractivity contribution is 5.67. The van der Waals surface area contributed by atoms with Crippen LogP contribution in [0.3, 0.4) is 0 Å². The lowest BCUT2D eigenvalue weighted by Crippen LogP contribution is -2.15. The molecule has 134 valence electrons. The van der Waals surface area contributed by atoms with E-state index in [1.54, 1.807) is 17.1 Å². The Kier molecular flexibility index (Phi) is 4.14. The van der Waals surface area contributed by atoms with Crippen LogP contribution in [0, 0.1) is 24.5 Å². The third kappa shape index (κ3) is 2.94. The molecule has 1 saturated carbocycles. The van der Waals surface area contributed by atoms with Crippen molar-refractivity contribution in [1.29, 1.82) is 0 Å². The van der Waals surface area contributed by atoms with E-state index in [4.69, 9.17) is 4.74 Å². The standard InChI is InChI=1S/C19H18F2N4O/c1-11-7-8-22-14(9-11)19(12-3-4-12)25-10-15(23-24-25)17-16(26-2)6-5-13(20)18(17)21/h5-10,12,19H,3-4H2,1-2H3/t19-/m0/s1. The molecular formula is C19H18F2N4O. The van der Waals surface area contributed by atoms with Crippen LogP contribution < -0.4 is 4.74 Å². The molecule has 0 amide bonds. The Labute approximate surface area is 149 Å². The number of hydrogen-bond acceptors (Lipinski definition) is 4. The van der Waals surface area contributed by atoms with Gasteiger partial charge in [-0.2, -0.15) is 0 Å². The van der Waals surface area contributed by atoms with Crippen LogP contribution in [0.1, 0.15) is 30.1 Å². The van der Waals surface area contributed by atoms with Crippen molar-refractivity contribution < 1.29 is 13.5 Å². The Balaban J connectivity index is 1.77. The van der Waals surface area contributed by atoms with E-state index in [0.29, 0.717) is 5.92 Å². The molecule has 5 nitrogen and oxygen atoms in total. The summed E-state index contributed by atoms with van der Waals surface area (Å²) in [7, 11) is 1.41. The zero-order chi connectivity index (χ0) is 18.3. The van der Waals surface area contributed by atoms with E-state index >= 15 is 0 Å². The second kappa shape index (κ2) is 6.48. The Hall–Kier alpha value is -2.83. The van der Waals surface area contributed by atoms with Gasteiger partial charge in [0.25, 0.3) is 0 Å². The molecule has 2 aromatic heterocycles. The van der Waals surface area contributed by atoms with Crippen molar-refractivity contribution in [2.24, 2.45) is 5.92 Å². The number of benzene rings is 1. The fourth-order valence-electron chi connectivity index (χ4n) is 3.20. The lowest BCUT2D eigenvalue weighted by Gasteiger charge is -2.16. The first-order valence-corrected chi connectivity index (χ1v) is 8.45. The van der Waals surface area contributed by atoms with Crippen molar-refractivity contribution in [3.8, 4) is 17.0 Å². The molecule has 3 aromatic rings. The predicted molar refractivity (Wildman–Crippen MR) is 91.8 cm³/mol. The van der Waals surface area contributed by atoms with E-state index in [2.05, 4.69) is 15.3 Å². The topological polar surface area (TPSA) is 52.8 Å². The molecule has 1 fully saturated rings. The highest BCUT2D eigenvalue weighted by atomic mass is 19.2. The fraction of sp³-hybridized carbons (Fsp3) is 0.316. The van der Waals surface area contributed by atoms with Crippen molar-refractivity contribution >= 4 is 0 Å². The summed E-state index contributed by atoms with van der Waals surface area (Å²) in [4.78, 5) is 4.48. The van der Waals surface area contributed by atoms with Crippen molar-refractivity contribution in [3.63, 3.8) is 0 Å². The average Bonchev–Trinajstić information content (AvgIpc) is 3.35. The van der Waals surface area contributed by atoms with Gasteiger partial charge in [-0.05, 0) is 55.5 Å². The highest BCUT2D eigenvalue weighted by Gasteiger charge is 2.36. The number of hydrogen-bond donors (Lipinski definition) is 0. The van der Waals surface area contributed by atoms with Crippen LogP contribution in [0.5, 0.6) is 5.75 Å². The molecule has 1 aliphatic rings. The van der Waals surface area contributed by atoms with Crippen LogP contribution in [0.2, 0.25) is 0 Å². The lowest BCUT2D eigenvalue weighted by molar-refractivity contribution is 0.408. The Morgan fingerprint density at radius 3 is 2.73 bits per heavy atom. The maximum Gasteiger partial charge on any atom is 0.172 e. The summed E-state index contributed by atoms with van der Waals surface area (Å²) in [6.07, 6.45) is 5.56. The number of aromatic nitrogens is 4. The second-order valence-electron chi connectivity index (χ2n) is 6.56. The van der Waals surface area contributed by atoms with Gasteiger partial charge in [0.15, 0.2) is 11.6 Å². The van der Waals surface area contributed by atoms with Crippen molar-refractivity contribution in [3.05, 3.63) is 59.6 Å². The number of pyridine rings is 1. The second-order valence-corrected chi connectivity index (χ2v) is 6.56. The molecule has 1 aromatic carbocycles. The molecule has 0 saturated heterocycles. The summed E-state index contributed by atoms with van der Waals surface area (Å²) in [6.45, 7) is 2.01. The Morgan fingerprint density at radius 2 is 2.04 bits per heavy atom. The van der Waals surface area contributed by atoms with Gasteiger partial charge in [0, 0.05) is 6.20 Å². The minimum absolute atomic E-state index is 0.0227. The maximum absolute atomic E-state index is 14.3. The van der Waals surface area contributed by atoms with E-state index in [1.807, 2.05) is 19.1 Å². The van der Waals surface area contributed by atoms with Crippen LogP contribution in [-0.4, -0.2) is 27.1 Å². The van der Waals surface area contributed by atoms with Gasteiger partial charge in [0.05, 0.1) is 30.6 Å². The summed E-state index contributed by atoms with van der Waals surface area (Å²) in [6, 6.07) is 6.30. The summed E-state index contributed by atoms with van der Waals surface area (Å²) in [5.74, 6) is -1.31. The summed E-state index contributed by atoms with van der Waals surface area (Å²) < 4.78 is 34.9. The number of methoxy groups -OCH3 is 1. The SMILES string of the molecule is COc1ccc(F)c(F)c1-c1cn([C@H](c2cc(C)ccn2)C2CC2)nn1. The molecule has 1 aliphatic carbocycles. The molecule has 4 rings (SSSR count). The quantitative estimate of drug-likeness (QED) is 0.695. The summed E-state index contributed by atoms with van der Waals surface area (Å²) in [5, 5.41) is 8.26. The van der Waals surface area contributed by atoms with Gasteiger partial charge in [-0.1, -0.05) is 5.21 Å². The smallest absolute Gasteiger partial charge is 0.172 e. The lowest BCUT2D eigenvalue weighted by atomic mass is 10.1. The Bertz CT molecular complexity index is 952. The van der Waals surface area contributed by atoms with Crippen molar-refractivity contribution in [2.75, 3.05) is 7.11 Å². The van der Waals surface area contributed by atoms with Crippen LogP contribution in [-0.2, 0) is 0 Å². The predicted octanol–water partition coefficient (Wildman–Crippen LogP) is 3.93. The summed E-state index contributed by atoms with van der Waals surface area (Å²) in [5.41, 5.74) is 2.22. The molecule has 1 atom stereocenters. The van der Waals surface area contributed by atoms with Gasteiger partial charge in [0.1, 0.15) is 11.4 Å². The van der Waals surface area contributed by atoms with Gasteiger partial charge in [0.2, 0.25) is 0 Å². The van der Waals surface area contributed by atoms with E-state index in [0.717, 1.165) is 30.2 Å². The van der Waals surface area contributed by atoms with Gasteiger partial charge in [-0.15, -0.1) is 5.10 Å². The maximum atomic E-state index is 14.3. The first-order chi connectivity index (χ1) is 12.6. The van der Waals surface area contributed by atoms with Crippen molar-refractivity contribution in [1.82, 2.24) is 20.0 Å². The third-order valence-electron chi connectivity index (χ3n) is 4.64. The molecule has 26 heavy (non-hydrogen) atoms. The normalized spacial score (nSPS) is 15.1. The third-order valence-corrected chi connectivity index (χ3v) is 4.64. The zero-order valence-corrected chi connectivity index (χ0v) is 14.5. The molecule has 0 N–H and O–H groups in total. The molecule has 0 unspecified atom stereocenters. The zero-order valence-electron chi connectivity index (χ0n) is 14.5. The number of rotatable bonds is 5. The van der Waals surface area contributed by atoms with Crippen LogP contribution in [0.4, 0.5) is 8.78 Å². The van der Waals surface area contributed by atoms with Gasteiger partial charge >= 0.3 is 0 Å². The van der Waals surface area contributed by atoms with Gasteiger partial charge < -0.3 is 4.74 Å². The fourth-order valence-corrected chi connectivity index (χ4v) is 3.20. The first kappa shape index (κ1) is 16.6. The molecule has 0 spiro atoms. The van der Waals surface area contributed by atoms with Gasteiger partial charge in [-0.3, -0.25) is 4.98 Å².